The molecule has 0 heterocycles. The molecule has 120 valence electrons. The lowest BCUT2D eigenvalue weighted by Gasteiger charge is -2.35. The zero-order valence-corrected chi connectivity index (χ0v) is 13.9. The van der Waals surface area contributed by atoms with Gasteiger partial charge in [-0.05, 0) is 48.6 Å². The molecule has 0 bridgehead atoms. The summed E-state index contributed by atoms with van der Waals surface area (Å²) in [5.41, 5.74) is 1.33. The topological polar surface area (TPSA) is 43.4 Å². The number of Topliss-reactive ketones (excluding diaryl/α,β-unsaturated/α-hetero) is 1. The lowest BCUT2D eigenvalue weighted by atomic mass is 9.68. The Hall–Kier alpha value is -2.34. The number of ketones is 1. The second-order valence-corrected chi connectivity index (χ2v) is 6.48. The Kier molecular flexibility index (Phi) is 5.39. The molecule has 0 spiro atoms. The normalized spacial score (nSPS) is 20.0. The highest BCUT2D eigenvalue weighted by Crippen LogP contribution is 2.39. The molecule has 3 heteroatoms. The van der Waals surface area contributed by atoms with Crippen LogP contribution < -0.4 is 0 Å². The van der Waals surface area contributed by atoms with Gasteiger partial charge >= 0.3 is 5.97 Å². The summed E-state index contributed by atoms with van der Waals surface area (Å²) in [5.74, 6) is 5.88. The number of rotatable bonds is 2. The van der Waals surface area contributed by atoms with Crippen molar-refractivity contribution >= 4 is 11.8 Å². The second kappa shape index (κ2) is 7.28. The number of carbonyl (C=O) groups is 2. The van der Waals surface area contributed by atoms with Gasteiger partial charge in [0.15, 0.2) is 0 Å². The van der Waals surface area contributed by atoms with Gasteiger partial charge in [-0.2, -0.15) is 0 Å². The van der Waals surface area contributed by atoms with Crippen LogP contribution in [-0.2, 0) is 9.53 Å². The van der Waals surface area contributed by atoms with Crippen molar-refractivity contribution in [2.45, 2.75) is 33.1 Å². The van der Waals surface area contributed by atoms with Gasteiger partial charge in [0.25, 0.3) is 0 Å². The van der Waals surface area contributed by atoms with Crippen LogP contribution in [0.1, 0.15) is 49.0 Å². The second-order valence-electron chi connectivity index (χ2n) is 6.48. The van der Waals surface area contributed by atoms with Gasteiger partial charge in [-0.25, -0.2) is 4.79 Å². The molecule has 1 aliphatic rings. The predicted molar refractivity (Wildman–Crippen MR) is 89.9 cm³/mol. The first kappa shape index (κ1) is 17.0. The Bertz CT molecular complexity index is 669. The van der Waals surface area contributed by atoms with E-state index in [0.717, 1.165) is 18.4 Å². The Balaban J connectivity index is 2.04. The maximum absolute atomic E-state index is 12.1. The molecule has 2 rings (SSSR count). The first-order valence-electron chi connectivity index (χ1n) is 7.83. The minimum atomic E-state index is -0.359. The molecule has 0 aliphatic heterocycles. The molecular formula is C20H22O3. The summed E-state index contributed by atoms with van der Waals surface area (Å²) < 4.78 is 4.65. The fourth-order valence-electron chi connectivity index (χ4n) is 2.91. The fraction of sp³-hybridized carbons (Fsp3) is 0.400. The number of hydrogen-bond donors (Lipinski definition) is 0. The van der Waals surface area contributed by atoms with Gasteiger partial charge < -0.3 is 4.74 Å². The molecule has 3 nitrogen and oxygen atoms in total. The van der Waals surface area contributed by atoms with Gasteiger partial charge in [-0.15, -0.1) is 0 Å². The summed E-state index contributed by atoms with van der Waals surface area (Å²) in [6, 6.07) is 6.94. The van der Waals surface area contributed by atoms with E-state index in [1.54, 1.807) is 30.3 Å². The number of allylic oxidation sites excluding steroid dienone is 2. The Morgan fingerprint density at radius 3 is 2.61 bits per heavy atom. The highest BCUT2D eigenvalue weighted by atomic mass is 16.5. The number of benzene rings is 1. The number of ether oxygens (including phenoxy) is 1. The van der Waals surface area contributed by atoms with E-state index in [-0.39, 0.29) is 17.3 Å². The molecule has 1 aliphatic carbocycles. The quantitative estimate of drug-likeness (QED) is 0.617. The van der Waals surface area contributed by atoms with Crippen molar-refractivity contribution in [1.29, 1.82) is 0 Å². The molecule has 1 aromatic carbocycles. The Morgan fingerprint density at radius 1 is 1.30 bits per heavy atom. The Morgan fingerprint density at radius 2 is 2.00 bits per heavy atom. The van der Waals surface area contributed by atoms with Crippen molar-refractivity contribution in [1.82, 2.24) is 0 Å². The van der Waals surface area contributed by atoms with Crippen molar-refractivity contribution in [2.24, 2.45) is 11.3 Å². The molecule has 0 amide bonds. The number of hydrogen-bond acceptors (Lipinski definition) is 3. The first-order chi connectivity index (χ1) is 10.9. The van der Waals surface area contributed by atoms with E-state index < -0.39 is 0 Å². The summed E-state index contributed by atoms with van der Waals surface area (Å²) in [5, 5.41) is 0. The van der Waals surface area contributed by atoms with Gasteiger partial charge in [-0.1, -0.05) is 31.8 Å². The summed E-state index contributed by atoms with van der Waals surface area (Å²) in [4.78, 5) is 23.4. The maximum atomic E-state index is 12.1. The molecular weight excluding hydrogens is 288 g/mol. The van der Waals surface area contributed by atoms with E-state index in [1.165, 1.54) is 7.11 Å². The van der Waals surface area contributed by atoms with Crippen LogP contribution in [0.25, 0.3) is 0 Å². The van der Waals surface area contributed by atoms with Crippen molar-refractivity contribution in [3.8, 4) is 11.8 Å². The highest BCUT2D eigenvalue weighted by Gasteiger charge is 2.35. The van der Waals surface area contributed by atoms with Crippen molar-refractivity contribution in [3.05, 3.63) is 47.5 Å². The van der Waals surface area contributed by atoms with Crippen LogP contribution >= 0.6 is 0 Å². The summed E-state index contributed by atoms with van der Waals surface area (Å²) in [7, 11) is 1.36. The highest BCUT2D eigenvalue weighted by molar-refractivity contribution is 5.89. The lowest BCUT2D eigenvalue weighted by molar-refractivity contribution is -0.127. The van der Waals surface area contributed by atoms with Crippen LogP contribution in [0.2, 0.25) is 0 Å². The van der Waals surface area contributed by atoms with Gasteiger partial charge in [0.05, 0.1) is 12.7 Å². The minimum absolute atomic E-state index is 0.00960. The van der Waals surface area contributed by atoms with E-state index in [2.05, 4.69) is 30.4 Å². The van der Waals surface area contributed by atoms with E-state index in [9.17, 15) is 9.59 Å². The van der Waals surface area contributed by atoms with Crippen LogP contribution in [-0.4, -0.2) is 18.9 Å². The van der Waals surface area contributed by atoms with Gasteiger partial charge in [0.1, 0.15) is 5.78 Å². The molecule has 0 radical (unpaired) electrons. The lowest BCUT2D eigenvalue weighted by Crippen LogP contribution is -2.33. The molecule has 0 aromatic heterocycles. The molecule has 0 saturated heterocycles. The minimum Gasteiger partial charge on any atom is -0.465 e. The summed E-state index contributed by atoms with van der Waals surface area (Å²) in [6.07, 6.45) is 6.41. The fourth-order valence-corrected chi connectivity index (χ4v) is 2.91. The SMILES string of the molecule is COC(=O)c1ccc(C#C/C=C/C2C(=O)CCCC2(C)C)cc1. The van der Waals surface area contributed by atoms with Crippen LogP contribution in [0, 0.1) is 23.2 Å². The monoisotopic (exact) mass is 310 g/mol. The van der Waals surface area contributed by atoms with E-state index in [4.69, 9.17) is 0 Å². The molecule has 1 unspecified atom stereocenters. The average molecular weight is 310 g/mol. The molecule has 1 saturated carbocycles. The van der Waals surface area contributed by atoms with E-state index in [1.807, 2.05) is 6.08 Å². The van der Waals surface area contributed by atoms with Crippen molar-refractivity contribution < 1.29 is 14.3 Å². The van der Waals surface area contributed by atoms with Gasteiger partial charge in [0.2, 0.25) is 0 Å². The van der Waals surface area contributed by atoms with E-state index >= 15 is 0 Å². The summed E-state index contributed by atoms with van der Waals surface area (Å²) >= 11 is 0. The standard InChI is InChI=1S/C20H22O3/c1-20(2)14-6-9-18(21)17(20)8-5-4-7-15-10-12-16(13-11-15)19(22)23-3/h5,8,10-13,17H,6,9,14H2,1-3H3/b8-5+. The zero-order valence-electron chi connectivity index (χ0n) is 13.9. The first-order valence-corrected chi connectivity index (χ1v) is 7.83. The van der Waals surface area contributed by atoms with Crippen LogP contribution in [0.15, 0.2) is 36.4 Å². The predicted octanol–water partition coefficient (Wildman–Crippen LogP) is 3.78. The van der Waals surface area contributed by atoms with Gasteiger partial charge in [-0.3, -0.25) is 4.79 Å². The molecule has 0 N–H and O–H groups in total. The Labute approximate surface area is 137 Å². The molecule has 23 heavy (non-hydrogen) atoms. The van der Waals surface area contributed by atoms with Crippen molar-refractivity contribution in [2.75, 3.05) is 7.11 Å². The molecule has 1 fully saturated rings. The number of methoxy groups -OCH3 is 1. The van der Waals surface area contributed by atoms with E-state index in [0.29, 0.717) is 17.8 Å². The zero-order chi connectivity index (χ0) is 16.9. The van der Waals surface area contributed by atoms with Gasteiger partial charge in [0, 0.05) is 17.9 Å². The van der Waals surface area contributed by atoms with Crippen molar-refractivity contribution in [3.63, 3.8) is 0 Å². The maximum Gasteiger partial charge on any atom is 0.337 e. The number of esters is 1. The largest absolute Gasteiger partial charge is 0.465 e. The number of carbonyl (C=O) groups excluding carboxylic acids is 2. The smallest absolute Gasteiger partial charge is 0.337 e. The third kappa shape index (κ3) is 4.32. The van der Waals surface area contributed by atoms with Crippen LogP contribution in [0.4, 0.5) is 0 Å². The summed E-state index contributed by atoms with van der Waals surface area (Å²) in [6.45, 7) is 4.27. The average Bonchev–Trinajstić information content (AvgIpc) is 2.53. The van der Waals surface area contributed by atoms with Crippen LogP contribution in [0.5, 0.6) is 0 Å². The molecule has 1 aromatic rings. The third-order valence-electron chi connectivity index (χ3n) is 4.33. The molecule has 1 atom stereocenters. The van der Waals surface area contributed by atoms with Crippen LogP contribution in [0.3, 0.4) is 0 Å². The third-order valence-corrected chi connectivity index (χ3v) is 4.33.